The summed E-state index contributed by atoms with van der Waals surface area (Å²) in [5.74, 6) is -2.50. The minimum atomic E-state index is -2.90. The Balaban J connectivity index is 1.98. The number of hydrogen-bond acceptors (Lipinski definition) is 2. The van der Waals surface area contributed by atoms with Crippen molar-refractivity contribution in [1.29, 1.82) is 0 Å². The van der Waals surface area contributed by atoms with Gasteiger partial charge in [0.15, 0.2) is 0 Å². The maximum atomic E-state index is 13.0. The Kier molecular flexibility index (Phi) is 3.98. The van der Waals surface area contributed by atoms with Gasteiger partial charge in [-0.2, -0.15) is 0 Å². The number of nitrogens with one attached hydrogen (secondary N) is 1. The van der Waals surface area contributed by atoms with Gasteiger partial charge in [-0.1, -0.05) is 30.3 Å². The highest BCUT2D eigenvalue weighted by molar-refractivity contribution is 5.86. The molecule has 0 radical (unpaired) electrons. The summed E-state index contributed by atoms with van der Waals surface area (Å²) in [6.45, 7) is 0.819. The number of hydrogen-bond donors (Lipinski definition) is 1. The minimum Gasteiger partial charge on any atom is -0.410 e. The predicted octanol–water partition coefficient (Wildman–Crippen LogP) is 4.41. The third-order valence-electron chi connectivity index (χ3n) is 2.59. The number of ether oxygens (including phenoxy) is 1. The molecule has 0 aliphatic carbocycles. The van der Waals surface area contributed by atoms with Crippen molar-refractivity contribution in [2.24, 2.45) is 0 Å². The molecule has 0 spiro atoms. The molecule has 1 amide bonds. The number of para-hydroxylation sites is 1. The van der Waals surface area contributed by atoms with Crippen LogP contribution in [0.2, 0.25) is 0 Å². The van der Waals surface area contributed by atoms with Crippen molar-refractivity contribution >= 4 is 11.8 Å². The fraction of sp³-hybridized carbons (Fsp3) is 0.133. The van der Waals surface area contributed by atoms with Gasteiger partial charge in [0, 0.05) is 18.2 Å². The number of alkyl halides is 2. The van der Waals surface area contributed by atoms with E-state index in [9.17, 15) is 13.6 Å². The third kappa shape index (κ3) is 3.78. The average Bonchev–Trinajstić information content (AvgIpc) is 2.39. The van der Waals surface area contributed by atoms with Gasteiger partial charge < -0.3 is 4.74 Å². The first-order chi connectivity index (χ1) is 9.45. The number of amides is 1. The van der Waals surface area contributed by atoms with Gasteiger partial charge in [-0.05, 0) is 24.3 Å². The Morgan fingerprint density at radius 1 is 1.05 bits per heavy atom. The van der Waals surface area contributed by atoms with Gasteiger partial charge in [0.05, 0.1) is 0 Å². The molecular weight excluding hydrogens is 264 g/mol. The van der Waals surface area contributed by atoms with Crippen molar-refractivity contribution in [1.82, 2.24) is 0 Å². The molecule has 5 heteroatoms. The normalized spacial score (nSPS) is 10.9. The number of carbonyl (C=O) groups is 1. The van der Waals surface area contributed by atoms with Gasteiger partial charge in [-0.25, -0.2) is 13.6 Å². The van der Waals surface area contributed by atoms with Crippen LogP contribution >= 0.6 is 0 Å². The summed E-state index contributed by atoms with van der Waals surface area (Å²) in [5.41, 5.74) is 0.276. The van der Waals surface area contributed by atoms with Crippen LogP contribution in [0, 0.1) is 0 Å². The summed E-state index contributed by atoms with van der Waals surface area (Å²) >= 11 is 0. The second-order valence-electron chi connectivity index (χ2n) is 4.29. The summed E-state index contributed by atoms with van der Waals surface area (Å²) in [6, 6.07) is 13.9. The number of carbonyl (C=O) groups excluding carboxylic acids is 1. The Morgan fingerprint density at radius 3 is 2.20 bits per heavy atom. The minimum absolute atomic E-state index is 0.112. The first-order valence-corrected chi connectivity index (χ1v) is 5.97. The molecule has 1 N–H and O–H groups in total. The molecule has 0 aliphatic heterocycles. The fourth-order valence-electron chi connectivity index (χ4n) is 1.59. The maximum Gasteiger partial charge on any atom is 0.417 e. The molecule has 0 aromatic heterocycles. The zero-order chi connectivity index (χ0) is 14.6. The third-order valence-corrected chi connectivity index (χ3v) is 2.59. The summed E-state index contributed by atoms with van der Waals surface area (Å²) < 4.78 is 31.1. The van der Waals surface area contributed by atoms with Crippen LogP contribution < -0.4 is 10.1 Å². The first-order valence-electron chi connectivity index (χ1n) is 5.97. The highest BCUT2D eigenvalue weighted by atomic mass is 19.3. The molecule has 0 heterocycles. The maximum absolute atomic E-state index is 13.0. The van der Waals surface area contributed by atoms with E-state index in [-0.39, 0.29) is 5.56 Å². The molecule has 0 saturated carbocycles. The van der Waals surface area contributed by atoms with Crippen LogP contribution in [0.15, 0.2) is 54.6 Å². The lowest BCUT2D eigenvalue weighted by molar-refractivity contribution is 0.0175. The van der Waals surface area contributed by atoms with Crippen LogP contribution in [0.4, 0.5) is 19.3 Å². The van der Waals surface area contributed by atoms with Gasteiger partial charge in [0.2, 0.25) is 0 Å². The molecule has 0 saturated heterocycles. The Morgan fingerprint density at radius 2 is 1.65 bits per heavy atom. The molecule has 0 unspecified atom stereocenters. The van der Waals surface area contributed by atoms with Gasteiger partial charge in [0.1, 0.15) is 5.75 Å². The summed E-state index contributed by atoms with van der Waals surface area (Å²) in [7, 11) is 0. The number of rotatable bonds is 3. The van der Waals surface area contributed by atoms with E-state index in [0.717, 1.165) is 6.92 Å². The SMILES string of the molecule is CC(F)(F)c1ccc(NC(=O)Oc2ccccc2)cc1. The van der Waals surface area contributed by atoms with E-state index in [0.29, 0.717) is 11.4 Å². The predicted molar refractivity (Wildman–Crippen MR) is 72.1 cm³/mol. The van der Waals surface area contributed by atoms with Crippen LogP contribution in [0.5, 0.6) is 5.75 Å². The highest BCUT2D eigenvalue weighted by Crippen LogP contribution is 2.27. The zero-order valence-electron chi connectivity index (χ0n) is 10.8. The van der Waals surface area contributed by atoms with Crippen molar-refractivity contribution in [2.75, 3.05) is 5.32 Å². The van der Waals surface area contributed by atoms with Crippen LogP contribution in [0.3, 0.4) is 0 Å². The number of halogens is 2. The Bertz CT molecular complexity index is 577. The van der Waals surface area contributed by atoms with Gasteiger partial charge in [0.25, 0.3) is 5.92 Å². The van der Waals surface area contributed by atoms with Crippen LogP contribution in [0.25, 0.3) is 0 Å². The zero-order valence-corrected chi connectivity index (χ0v) is 10.8. The molecule has 0 aliphatic rings. The summed E-state index contributed by atoms with van der Waals surface area (Å²) in [5, 5.41) is 2.46. The number of benzene rings is 2. The van der Waals surface area contributed by atoms with E-state index in [1.54, 1.807) is 30.3 Å². The smallest absolute Gasteiger partial charge is 0.410 e. The second kappa shape index (κ2) is 5.69. The average molecular weight is 277 g/mol. The fourth-order valence-corrected chi connectivity index (χ4v) is 1.59. The van der Waals surface area contributed by atoms with Gasteiger partial charge >= 0.3 is 6.09 Å². The molecule has 2 rings (SSSR count). The van der Waals surface area contributed by atoms with E-state index in [2.05, 4.69) is 5.32 Å². The van der Waals surface area contributed by atoms with Crippen LogP contribution in [-0.2, 0) is 5.92 Å². The molecule has 2 aromatic carbocycles. The topological polar surface area (TPSA) is 38.3 Å². The van der Waals surface area contributed by atoms with Crippen molar-refractivity contribution < 1.29 is 18.3 Å². The monoisotopic (exact) mass is 277 g/mol. The van der Waals surface area contributed by atoms with E-state index in [1.807, 2.05) is 0 Å². The van der Waals surface area contributed by atoms with Crippen molar-refractivity contribution in [3.8, 4) is 5.75 Å². The lowest BCUT2D eigenvalue weighted by atomic mass is 10.1. The van der Waals surface area contributed by atoms with Crippen molar-refractivity contribution in [3.05, 3.63) is 60.2 Å². The second-order valence-corrected chi connectivity index (χ2v) is 4.29. The van der Waals surface area contributed by atoms with E-state index in [4.69, 9.17) is 4.74 Å². The summed E-state index contributed by atoms with van der Waals surface area (Å²) in [6.07, 6.45) is -0.674. The van der Waals surface area contributed by atoms with E-state index >= 15 is 0 Å². The first kappa shape index (κ1) is 14.0. The molecule has 104 valence electrons. The van der Waals surface area contributed by atoms with Gasteiger partial charge in [-0.15, -0.1) is 0 Å². The molecule has 3 nitrogen and oxygen atoms in total. The summed E-state index contributed by atoms with van der Waals surface area (Å²) in [4.78, 5) is 11.6. The molecule has 0 fully saturated rings. The molecular formula is C15H13F2NO2. The Hall–Kier alpha value is -2.43. The quantitative estimate of drug-likeness (QED) is 0.902. The van der Waals surface area contributed by atoms with Crippen molar-refractivity contribution in [2.45, 2.75) is 12.8 Å². The van der Waals surface area contributed by atoms with Crippen LogP contribution in [-0.4, -0.2) is 6.09 Å². The van der Waals surface area contributed by atoms with Crippen LogP contribution in [0.1, 0.15) is 12.5 Å². The van der Waals surface area contributed by atoms with Crippen molar-refractivity contribution in [3.63, 3.8) is 0 Å². The standard InChI is InChI=1S/C15H13F2NO2/c1-15(16,17)11-7-9-12(10-8-11)18-14(19)20-13-5-3-2-4-6-13/h2-10H,1H3,(H,18,19). The Labute approximate surface area is 115 Å². The molecule has 0 bridgehead atoms. The van der Waals surface area contributed by atoms with E-state index < -0.39 is 12.0 Å². The lowest BCUT2D eigenvalue weighted by Gasteiger charge is -2.11. The molecule has 20 heavy (non-hydrogen) atoms. The van der Waals surface area contributed by atoms with E-state index in [1.165, 1.54) is 24.3 Å². The molecule has 0 atom stereocenters. The lowest BCUT2D eigenvalue weighted by Crippen LogP contribution is -2.16. The van der Waals surface area contributed by atoms with Gasteiger partial charge in [-0.3, -0.25) is 5.32 Å². The highest BCUT2D eigenvalue weighted by Gasteiger charge is 2.23. The molecule has 2 aromatic rings. The number of anilines is 1. The largest absolute Gasteiger partial charge is 0.417 e.